The Labute approximate surface area is 115 Å². The molecule has 1 aromatic rings. The molecule has 1 saturated heterocycles. The van der Waals surface area contributed by atoms with Crippen LogP contribution >= 0.6 is 11.3 Å². The second-order valence-corrected chi connectivity index (χ2v) is 6.62. The van der Waals surface area contributed by atoms with Crippen LogP contribution in [0.2, 0.25) is 0 Å². The van der Waals surface area contributed by atoms with E-state index in [9.17, 15) is 0 Å². The molecule has 0 amide bonds. The van der Waals surface area contributed by atoms with Gasteiger partial charge in [-0.25, -0.2) is 4.98 Å². The predicted molar refractivity (Wildman–Crippen MR) is 78.2 cm³/mol. The highest BCUT2D eigenvalue weighted by Gasteiger charge is 2.13. The van der Waals surface area contributed by atoms with Gasteiger partial charge in [-0.05, 0) is 32.9 Å². The summed E-state index contributed by atoms with van der Waals surface area (Å²) in [5, 5.41) is 4.78. The summed E-state index contributed by atoms with van der Waals surface area (Å²) >= 11 is 1.88. The van der Waals surface area contributed by atoms with Gasteiger partial charge in [0.25, 0.3) is 0 Å². The number of nitrogens with one attached hydrogen (secondary N) is 1. The first kappa shape index (κ1) is 14.0. The van der Waals surface area contributed by atoms with Crippen molar-refractivity contribution in [1.82, 2.24) is 15.2 Å². The van der Waals surface area contributed by atoms with E-state index in [-0.39, 0.29) is 0 Å². The molecule has 0 atom stereocenters. The Hall–Kier alpha value is -0.450. The first-order valence-corrected chi connectivity index (χ1v) is 7.87. The quantitative estimate of drug-likeness (QED) is 0.858. The van der Waals surface area contributed by atoms with Gasteiger partial charge in [-0.3, -0.25) is 0 Å². The van der Waals surface area contributed by atoms with Crippen molar-refractivity contribution in [2.24, 2.45) is 0 Å². The fourth-order valence-electron chi connectivity index (χ4n) is 2.32. The normalized spacial score (nSPS) is 16.9. The summed E-state index contributed by atoms with van der Waals surface area (Å²) in [5.41, 5.74) is 1.21. The molecule has 4 heteroatoms. The summed E-state index contributed by atoms with van der Waals surface area (Å²) < 4.78 is 0. The van der Waals surface area contributed by atoms with Crippen LogP contribution in [0, 0.1) is 6.92 Å². The van der Waals surface area contributed by atoms with Crippen LogP contribution in [0.25, 0.3) is 0 Å². The van der Waals surface area contributed by atoms with Crippen molar-refractivity contribution < 1.29 is 0 Å². The Morgan fingerprint density at radius 1 is 1.33 bits per heavy atom. The van der Waals surface area contributed by atoms with Gasteiger partial charge in [-0.1, -0.05) is 13.8 Å². The van der Waals surface area contributed by atoms with E-state index < -0.39 is 0 Å². The van der Waals surface area contributed by atoms with Crippen molar-refractivity contribution in [3.8, 4) is 0 Å². The zero-order chi connectivity index (χ0) is 13.0. The summed E-state index contributed by atoms with van der Waals surface area (Å²) in [6, 6.07) is 0.541. The summed E-state index contributed by atoms with van der Waals surface area (Å²) in [6.45, 7) is 11.2. The number of aryl methyl sites for hydroxylation is 1. The van der Waals surface area contributed by atoms with Crippen LogP contribution in [0.15, 0.2) is 0 Å². The maximum atomic E-state index is 4.70. The summed E-state index contributed by atoms with van der Waals surface area (Å²) in [6.07, 6.45) is 3.87. The van der Waals surface area contributed by atoms with E-state index in [2.05, 4.69) is 31.0 Å². The van der Waals surface area contributed by atoms with E-state index in [1.54, 1.807) is 0 Å². The zero-order valence-corrected chi connectivity index (χ0v) is 12.6. The number of aromatic nitrogens is 1. The molecule has 0 radical (unpaired) electrons. The monoisotopic (exact) mass is 267 g/mol. The fourth-order valence-corrected chi connectivity index (χ4v) is 3.33. The van der Waals surface area contributed by atoms with Crippen molar-refractivity contribution in [2.45, 2.75) is 52.6 Å². The van der Waals surface area contributed by atoms with Crippen molar-refractivity contribution in [1.29, 1.82) is 0 Å². The Balaban J connectivity index is 1.83. The molecule has 1 N–H and O–H groups in total. The van der Waals surface area contributed by atoms with Crippen LogP contribution in [0.4, 0.5) is 0 Å². The van der Waals surface area contributed by atoms with Gasteiger partial charge in [0.15, 0.2) is 0 Å². The first-order chi connectivity index (χ1) is 8.65. The predicted octanol–water partition coefficient (Wildman–Crippen LogP) is 2.59. The van der Waals surface area contributed by atoms with Gasteiger partial charge in [0.2, 0.25) is 0 Å². The highest BCUT2D eigenvalue weighted by Crippen LogP contribution is 2.19. The second kappa shape index (κ2) is 6.64. The van der Waals surface area contributed by atoms with Crippen LogP contribution in [0.3, 0.4) is 0 Å². The minimum absolute atomic E-state index is 0.541. The highest BCUT2D eigenvalue weighted by atomic mass is 32.1. The van der Waals surface area contributed by atoms with Crippen LogP contribution in [0.1, 0.15) is 42.3 Å². The smallest absolute Gasteiger partial charge is 0.0944 e. The number of likely N-dealkylation sites (tertiary alicyclic amines) is 1. The molecule has 0 aliphatic carbocycles. The van der Waals surface area contributed by atoms with Crippen molar-refractivity contribution >= 4 is 11.3 Å². The van der Waals surface area contributed by atoms with E-state index in [1.807, 2.05) is 11.3 Å². The molecule has 1 fully saturated rings. The summed E-state index contributed by atoms with van der Waals surface area (Å²) in [5.74, 6) is 0. The van der Waals surface area contributed by atoms with E-state index in [1.165, 1.54) is 48.1 Å². The SMILES string of the molecule is Cc1nc(CCN2CCCC2)sc1CNC(C)C. The maximum Gasteiger partial charge on any atom is 0.0944 e. The summed E-state index contributed by atoms with van der Waals surface area (Å²) in [7, 11) is 0. The lowest BCUT2D eigenvalue weighted by molar-refractivity contribution is 0.343. The summed E-state index contributed by atoms with van der Waals surface area (Å²) in [4.78, 5) is 8.66. The Morgan fingerprint density at radius 3 is 2.72 bits per heavy atom. The third-order valence-electron chi connectivity index (χ3n) is 3.45. The molecule has 1 aliphatic rings. The molecule has 0 bridgehead atoms. The molecule has 2 rings (SSSR count). The Morgan fingerprint density at radius 2 is 2.06 bits per heavy atom. The van der Waals surface area contributed by atoms with Crippen molar-refractivity contribution in [2.75, 3.05) is 19.6 Å². The minimum Gasteiger partial charge on any atom is -0.310 e. The lowest BCUT2D eigenvalue weighted by Crippen LogP contribution is -2.21. The van der Waals surface area contributed by atoms with E-state index in [4.69, 9.17) is 4.98 Å². The van der Waals surface area contributed by atoms with Crippen LogP contribution in [-0.2, 0) is 13.0 Å². The molecular formula is C14H25N3S. The molecule has 0 unspecified atom stereocenters. The van der Waals surface area contributed by atoms with Gasteiger partial charge in [0.05, 0.1) is 10.7 Å². The molecule has 1 aromatic heterocycles. The average Bonchev–Trinajstić information content (AvgIpc) is 2.93. The zero-order valence-electron chi connectivity index (χ0n) is 11.8. The van der Waals surface area contributed by atoms with Gasteiger partial charge in [-0.2, -0.15) is 0 Å². The molecule has 18 heavy (non-hydrogen) atoms. The van der Waals surface area contributed by atoms with Crippen LogP contribution in [-0.4, -0.2) is 35.6 Å². The molecule has 0 aromatic carbocycles. The fraction of sp³-hybridized carbons (Fsp3) is 0.786. The first-order valence-electron chi connectivity index (χ1n) is 7.06. The average molecular weight is 267 g/mol. The maximum absolute atomic E-state index is 4.70. The molecule has 1 aliphatic heterocycles. The Kier molecular flexibility index (Phi) is 5.15. The molecule has 2 heterocycles. The largest absolute Gasteiger partial charge is 0.310 e. The highest BCUT2D eigenvalue weighted by molar-refractivity contribution is 7.11. The third kappa shape index (κ3) is 4.04. The number of hydrogen-bond donors (Lipinski definition) is 1. The lowest BCUT2D eigenvalue weighted by Gasteiger charge is -2.12. The standard InChI is InChI=1S/C14H25N3S/c1-11(2)15-10-13-12(3)16-14(18-13)6-9-17-7-4-5-8-17/h11,15H,4-10H2,1-3H3. The molecule has 0 spiro atoms. The van der Waals surface area contributed by atoms with E-state index in [0.717, 1.165) is 13.0 Å². The van der Waals surface area contributed by atoms with Crippen molar-refractivity contribution in [3.05, 3.63) is 15.6 Å². The number of thiazole rings is 1. The second-order valence-electron chi connectivity index (χ2n) is 5.45. The number of rotatable bonds is 6. The Bertz CT molecular complexity index is 367. The van der Waals surface area contributed by atoms with Gasteiger partial charge in [0.1, 0.15) is 0 Å². The van der Waals surface area contributed by atoms with E-state index >= 15 is 0 Å². The molecule has 102 valence electrons. The van der Waals surface area contributed by atoms with Gasteiger partial charge >= 0.3 is 0 Å². The van der Waals surface area contributed by atoms with E-state index in [0.29, 0.717) is 6.04 Å². The topological polar surface area (TPSA) is 28.2 Å². The van der Waals surface area contributed by atoms with Gasteiger partial charge < -0.3 is 10.2 Å². The third-order valence-corrected chi connectivity index (χ3v) is 4.67. The van der Waals surface area contributed by atoms with Gasteiger partial charge in [0, 0.05) is 30.4 Å². The molecule has 0 saturated carbocycles. The lowest BCUT2D eigenvalue weighted by atomic mass is 10.3. The van der Waals surface area contributed by atoms with Crippen LogP contribution < -0.4 is 5.32 Å². The van der Waals surface area contributed by atoms with Crippen molar-refractivity contribution in [3.63, 3.8) is 0 Å². The minimum atomic E-state index is 0.541. The van der Waals surface area contributed by atoms with Crippen LogP contribution in [0.5, 0.6) is 0 Å². The number of nitrogens with zero attached hydrogens (tertiary/aromatic N) is 2. The molecular weight excluding hydrogens is 242 g/mol. The molecule has 3 nitrogen and oxygen atoms in total. The number of hydrogen-bond acceptors (Lipinski definition) is 4. The van der Waals surface area contributed by atoms with Gasteiger partial charge in [-0.15, -0.1) is 11.3 Å².